The van der Waals surface area contributed by atoms with Crippen LogP contribution in [0.25, 0.3) is 0 Å². The Labute approximate surface area is 118 Å². The van der Waals surface area contributed by atoms with E-state index in [1.165, 1.54) is 0 Å². The first-order valence-electron chi connectivity index (χ1n) is 6.73. The number of carbonyl (C=O) groups excluding carboxylic acids is 1. The summed E-state index contributed by atoms with van der Waals surface area (Å²) in [7, 11) is 0. The molecule has 3 rings (SSSR count). The van der Waals surface area contributed by atoms with Crippen molar-refractivity contribution in [1.29, 1.82) is 0 Å². The maximum Gasteiger partial charge on any atom is 0.228 e. The minimum Gasteiger partial charge on any atom is -0.384 e. The van der Waals surface area contributed by atoms with Crippen LogP contribution in [0.3, 0.4) is 0 Å². The third-order valence-electron chi connectivity index (χ3n) is 3.89. The van der Waals surface area contributed by atoms with Gasteiger partial charge in [-0.25, -0.2) is 0 Å². The molecule has 0 fully saturated rings. The molecule has 20 heavy (non-hydrogen) atoms. The lowest BCUT2D eigenvalue weighted by atomic mass is 9.92. The van der Waals surface area contributed by atoms with Gasteiger partial charge >= 0.3 is 0 Å². The third kappa shape index (κ3) is 2.10. The number of fused-ring (bicyclic) bond motifs is 1. The zero-order chi connectivity index (χ0) is 14.3. The van der Waals surface area contributed by atoms with E-state index in [2.05, 4.69) is 5.32 Å². The molecule has 3 nitrogen and oxygen atoms in total. The number of nitrogens with one attached hydrogen (secondary N) is 1. The zero-order valence-electron chi connectivity index (χ0n) is 11.6. The highest BCUT2D eigenvalue weighted by Crippen LogP contribution is 2.31. The summed E-state index contributed by atoms with van der Waals surface area (Å²) in [5.74, 6) is 0.0127. The fourth-order valence-corrected chi connectivity index (χ4v) is 2.84. The van der Waals surface area contributed by atoms with E-state index in [1.807, 2.05) is 50.2 Å². The summed E-state index contributed by atoms with van der Waals surface area (Å²) < 4.78 is 0. The van der Waals surface area contributed by atoms with Crippen LogP contribution in [0.5, 0.6) is 0 Å². The van der Waals surface area contributed by atoms with E-state index in [0.29, 0.717) is 6.42 Å². The number of anilines is 1. The largest absolute Gasteiger partial charge is 0.384 e. The second-order valence-electron chi connectivity index (χ2n) is 5.35. The van der Waals surface area contributed by atoms with E-state index in [1.54, 1.807) is 0 Å². The molecule has 3 heteroatoms. The Balaban J connectivity index is 2.02. The van der Waals surface area contributed by atoms with Crippen molar-refractivity contribution in [2.75, 3.05) is 5.32 Å². The van der Waals surface area contributed by atoms with Gasteiger partial charge in [-0.15, -0.1) is 0 Å². The van der Waals surface area contributed by atoms with Crippen LogP contribution >= 0.6 is 0 Å². The lowest BCUT2D eigenvalue weighted by Gasteiger charge is -2.17. The van der Waals surface area contributed by atoms with Crippen molar-refractivity contribution in [3.8, 4) is 0 Å². The highest BCUT2D eigenvalue weighted by Gasteiger charge is 2.21. The second kappa shape index (κ2) is 4.76. The van der Waals surface area contributed by atoms with E-state index in [4.69, 9.17) is 0 Å². The molecule has 1 aliphatic rings. The number of carbonyl (C=O) groups is 1. The van der Waals surface area contributed by atoms with E-state index >= 15 is 0 Å². The first-order valence-corrected chi connectivity index (χ1v) is 6.73. The molecule has 0 radical (unpaired) electrons. The summed E-state index contributed by atoms with van der Waals surface area (Å²) in [6, 6.07) is 11.7. The van der Waals surface area contributed by atoms with Gasteiger partial charge in [0, 0.05) is 5.69 Å². The van der Waals surface area contributed by atoms with Gasteiger partial charge in [-0.1, -0.05) is 30.3 Å². The molecule has 2 aromatic rings. The molecule has 102 valence electrons. The molecule has 1 unspecified atom stereocenters. The number of benzene rings is 2. The molecule has 0 saturated carbocycles. The molecule has 0 aliphatic carbocycles. The first-order chi connectivity index (χ1) is 9.56. The van der Waals surface area contributed by atoms with Crippen molar-refractivity contribution in [3.05, 3.63) is 64.2 Å². The lowest BCUT2D eigenvalue weighted by molar-refractivity contribution is -0.115. The Kier molecular flexibility index (Phi) is 3.07. The maximum absolute atomic E-state index is 11.4. The van der Waals surface area contributed by atoms with Crippen LogP contribution in [0.2, 0.25) is 0 Å². The predicted octanol–water partition coefficient (Wildman–Crippen LogP) is 2.88. The molecule has 1 atom stereocenters. The summed E-state index contributed by atoms with van der Waals surface area (Å²) in [4.78, 5) is 11.4. The van der Waals surface area contributed by atoms with Gasteiger partial charge in [-0.2, -0.15) is 0 Å². The van der Waals surface area contributed by atoms with Gasteiger partial charge in [0.25, 0.3) is 0 Å². The monoisotopic (exact) mass is 267 g/mol. The molecule has 0 spiro atoms. The van der Waals surface area contributed by atoms with Gasteiger partial charge < -0.3 is 10.4 Å². The number of aliphatic hydroxyl groups is 1. The fourth-order valence-electron chi connectivity index (χ4n) is 2.84. The topological polar surface area (TPSA) is 49.3 Å². The molecule has 1 heterocycles. The van der Waals surface area contributed by atoms with Crippen LogP contribution < -0.4 is 5.32 Å². The van der Waals surface area contributed by atoms with Crippen molar-refractivity contribution in [2.24, 2.45) is 0 Å². The molecule has 2 aromatic carbocycles. The smallest absolute Gasteiger partial charge is 0.228 e. The second-order valence-corrected chi connectivity index (χ2v) is 5.35. The summed E-state index contributed by atoms with van der Waals surface area (Å²) >= 11 is 0. The number of amides is 1. The van der Waals surface area contributed by atoms with Crippen LogP contribution in [0.4, 0.5) is 5.69 Å². The van der Waals surface area contributed by atoms with E-state index < -0.39 is 6.10 Å². The Morgan fingerprint density at radius 3 is 2.55 bits per heavy atom. The van der Waals surface area contributed by atoms with E-state index in [9.17, 15) is 9.90 Å². The van der Waals surface area contributed by atoms with Gasteiger partial charge in [-0.05, 0) is 47.7 Å². The van der Waals surface area contributed by atoms with Crippen molar-refractivity contribution in [1.82, 2.24) is 0 Å². The van der Waals surface area contributed by atoms with Gasteiger partial charge in [0.15, 0.2) is 0 Å². The summed E-state index contributed by atoms with van der Waals surface area (Å²) in [5.41, 5.74) is 5.74. The molecule has 0 saturated heterocycles. The molecule has 0 bridgehead atoms. The van der Waals surface area contributed by atoms with Crippen LogP contribution in [-0.4, -0.2) is 11.0 Å². The van der Waals surface area contributed by atoms with Gasteiger partial charge in [0.05, 0.1) is 6.42 Å². The number of hydrogen-bond acceptors (Lipinski definition) is 2. The molecule has 0 aromatic heterocycles. The summed E-state index contributed by atoms with van der Waals surface area (Å²) in [6.45, 7) is 4.01. The van der Waals surface area contributed by atoms with Crippen LogP contribution in [0.1, 0.15) is 33.9 Å². The zero-order valence-corrected chi connectivity index (χ0v) is 11.6. The number of aryl methyl sites for hydroxylation is 2. The minimum atomic E-state index is -0.655. The van der Waals surface area contributed by atoms with Crippen LogP contribution in [0.15, 0.2) is 36.4 Å². The Morgan fingerprint density at radius 2 is 1.85 bits per heavy atom. The molecule has 1 amide bonds. The molecule has 2 N–H and O–H groups in total. The van der Waals surface area contributed by atoms with Crippen molar-refractivity contribution >= 4 is 11.6 Å². The fraction of sp³-hybridized carbons (Fsp3) is 0.235. The van der Waals surface area contributed by atoms with Gasteiger partial charge in [0.1, 0.15) is 6.10 Å². The quantitative estimate of drug-likeness (QED) is 0.879. The van der Waals surface area contributed by atoms with Crippen molar-refractivity contribution in [3.63, 3.8) is 0 Å². The van der Waals surface area contributed by atoms with Crippen LogP contribution in [-0.2, 0) is 11.2 Å². The Hall–Kier alpha value is -2.13. The van der Waals surface area contributed by atoms with Crippen molar-refractivity contribution < 1.29 is 9.90 Å². The molecule has 1 aliphatic heterocycles. The standard InChI is InChI=1S/C17H17NO2/c1-10-4-3-5-11(2)16(10)17(20)12-6-7-14-13(8-12)9-15(19)18-14/h3-8,17,20H,9H2,1-2H3,(H,18,19). The third-order valence-corrected chi connectivity index (χ3v) is 3.89. The predicted molar refractivity (Wildman–Crippen MR) is 78.8 cm³/mol. The number of hydrogen-bond donors (Lipinski definition) is 2. The Bertz CT molecular complexity index is 671. The highest BCUT2D eigenvalue weighted by atomic mass is 16.3. The average molecular weight is 267 g/mol. The van der Waals surface area contributed by atoms with Gasteiger partial charge in [0.2, 0.25) is 5.91 Å². The van der Waals surface area contributed by atoms with Gasteiger partial charge in [-0.3, -0.25) is 4.79 Å². The SMILES string of the molecule is Cc1cccc(C)c1C(O)c1ccc2c(c1)CC(=O)N2. The highest BCUT2D eigenvalue weighted by molar-refractivity contribution is 5.99. The lowest BCUT2D eigenvalue weighted by Crippen LogP contribution is -2.05. The number of rotatable bonds is 2. The average Bonchev–Trinajstić information content (AvgIpc) is 2.77. The van der Waals surface area contributed by atoms with E-state index in [-0.39, 0.29) is 5.91 Å². The Morgan fingerprint density at radius 1 is 1.15 bits per heavy atom. The molecular formula is C17H17NO2. The summed E-state index contributed by atoms with van der Waals surface area (Å²) in [6.07, 6.45) is -0.264. The normalized spacial score (nSPS) is 14.8. The van der Waals surface area contributed by atoms with Crippen LogP contribution in [0, 0.1) is 13.8 Å². The summed E-state index contributed by atoms with van der Waals surface area (Å²) in [5, 5.41) is 13.5. The maximum atomic E-state index is 11.4. The first kappa shape index (κ1) is 12.9. The molecular weight excluding hydrogens is 250 g/mol. The minimum absolute atomic E-state index is 0.0127. The number of aliphatic hydroxyl groups excluding tert-OH is 1. The van der Waals surface area contributed by atoms with Crippen molar-refractivity contribution in [2.45, 2.75) is 26.4 Å². The van der Waals surface area contributed by atoms with E-state index in [0.717, 1.165) is 33.5 Å².